The number of ether oxygens (including phenoxy) is 1. The molecule has 0 bridgehead atoms. The van der Waals surface area contributed by atoms with Crippen molar-refractivity contribution in [3.8, 4) is 33.8 Å². The summed E-state index contributed by atoms with van der Waals surface area (Å²) < 4.78 is 6.54. The molecule has 0 spiro atoms. The van der Waals surface area contributed by atoms with Crippen molar-refractivity contribution in [2.45, 2.75) is 27.7 Å². The first-order chi connectivity index (χ1) is 14.0. The fourth-order valence-corrected chi connectivity index (χ4v) is 3.73. The predicted octanol–water partition coefficient (Wildman–Crippen LogP) is 8.05. The van der Waals surface area contributed by atoms with Crippen LogP contribution in [0.3, 0.4) is 0 Å². The van der Waals surface area contributed by atoms with Gasteiger partial charge < -0.3 is 4.74 Å². The summed E-state index contributed by atoms with van der Waals surface area (Å²) in [6, 6.07) is 29.7. The fraction of sp³-hybridized carbons (Fsp3) is 0.143. The van der Waals surface area contributed by atoms with E-state index < -0.39 is 0 Å². The van der Waals surface area contributed by atoms with Crippen molar-refractivity contribution >= 4 is 0 Å². The summed E-state index contributed by atoms with van der Waals surface area (Å²) in [5, 5.41) is 0. The Hall–Kier alpha value is -3.32. The van der Waals surface area contributed by atoms with E-state index in [-0.39, 0.29) is 0 Å². The summed E-state index contributed by atoms with van der Waals surface area (Å²) in [6.45, 7) is 8.55. The van der Waals surface area contributed by atoms with E-state index in [2.05, 4.69) is 100 Å². The quantitative estimate of drug-likeness (QED) is 0.349. The van der Waals surface area contributed by atoms with E-state index in [1.165, 1.54) is 33.4 Å². The van der Waals surface area contributed by atoms with Gasteiger partial charge in [-0.25, -0.2) is 0 Å². The van der Waals surface area contributed by atoms with E-state index in [9.17, 15) is 0 Å². The lowest BCUT2D eigenvalue weighted by Gasteiger charge is -2.17. The molecule has 0 saturated heterocycles. The molecule has 1 nitrogen and oxygen atoms in total. The molecule has 1 heteroatoms. The Bertz CT molecular complexity index is 1080. The molecule has 0 aliphatic carbocycles. The van der Waals surface area contributed by atoms with Gasteiger partial charge in [0, 0.05) is 11.1 Å². The molecule has 0 fully saturated rings. The van der Waals surface area contributed by atoms with Crippen LogP contribution in [0.15, 0.2) is 84.9 Å². The second-order valence-electron chi connectivity index (χ2n) is 7.73. The minimum Gasteiger partial charge on any atom is -0.456 e. The van der Waals surface area contributed by atoms with Gasteiger partial charge in [0.05, 0.1) is 0 Å². The Morgan fingerprint density at radius 2 is 0.862 bits per heavy atom. The van der Waals surface area contributed by atoms with Crippen LogP contribution < -0.4 is 4.74 Å². The molecule has 0 aromatic heterocycles. The number of hydrogen-bond acceptors (Lipinski definition) is 1. The number of rotatable bonds is 4. The Morgan fingerprint density at radius 3 is 1.31 bits per heavy atom. The summed E-state index contributed by atoms with van der Waals surface area (Å²) in [5.74, 6) is 1.75. The maximum Gasteiger partial charge on any atom is 0.135 e. The number of benzene rings is 4. The van der Waals surface area contributed by atoms with E-state index >= 15 is 0 Å². The highest BCUT2D eigenvalue weighted by Gasteiger charge is 2.13. The van der Waals surface area contributed by atoms with E-state index in [1.54, 1.807) is 0 Å². The molecule has 0 aliphatic rings. The van der Waals surface area contributed by atoms with Crippen molar-refractivity contribution in [3.63, 3.8) is 0 Å². The Morgan fingerprint density at radius 1 is 0.448 bits per heavy atom. The highest BCUT2D eigenvalue weighted by atomic mass is 16.5. The molecule has 4 aromatic rings. The maximum atomic E-state index is 6.54. The number of aryl methyl sites for hydroxylation is 4. The standard InChI is InChI=1S/C28H26O/c1-19-13-15-21(3)25(17-19)23-9-5-7-11-27(23)29-28-12-8-6-10-24(28)26-18-20(2)14-16-22(26)4/h5-18H,1-4H3. The average molecular weight is 379 g/mol. The molecule has 0 amide bonds. The first-order valence-corrected chi connectivity index (χ1v) is 10.0. The molecule has 0 radical (unpaired) electrons. The lowest BCUT2D eigenvalue weighted by molar-refractivity contribution is 0.486. The van der Waals surface area contributed by atoms with Gasteiger partial charge in [-0.1, -0.05) is 83.9 Å². The van der Waals surface area contributed by atoms with Gasteiger partial charge in [-0.15, -0.1) is 0 Å². The van der Waals surface area contributed by atoms with Crippen LogP contribution in [0.5, 0.6) is 11.5 Å². The summed E-state index contributed by atoms with van der Waals surface area (Å²) >= 11 is 0. The summed E-state index contributed by atoms with van der Waals surface area (Å²) in [5.41, 5.74) is 9.64. The van der Waals surface area contributed by atoms with Crippen LogP contribution in [0, 0.1) is 27.7 Å². The van der Waals surface area contributed by atoms with Gasteiger partial charge >= 0.3 is 0 Å². The van der Waals surface area contributed by atoms with E-state index in [1.807, 2.05) is 12.1 Å². The van der Waals surface area contributed by atoms with Gasteiger partial charge in [-0.2, -0.15) is 0 Å². The molecule has 4 rings (SSSR count). The first-order valence-electron chi connectivity index (χ1n) is 10.0. The zero-order valence-electron chi connectivity index (χ0n) is 17.5. The van der Waals surface area contributed by atoms with Gasteiger partial charge in [-0.3, -0.25) is 0 Å². The highest BCUT2D eigenvalue weighted by molar-refractivity contribution is 5.77. The van der Waals surface area contributed by atoms with Crippen molar-refractivity contribution in [1.29, 1.82) is 0 Å². The van der Waals surface area contributed by atoms with Crippen molar-refractivity contribution in [2.75, 3.05) is 0 Å². The predicted molar refractivity (Wildman–Crippen MR) is 123 cm³/mol. The van der Waals surface area contributed by atoms with E-state index in [0.29, 0.717) is 0 Å². The van der Waals surface area contributed by atoms with Gasteiger partial charge in [0.2, 0.25) is 0 Å². The van der Waals surface area contributed by atoms with Crippen LogP contribution in [0.4, 0.5) is 0 Å². The van der Waals surface area contributed by atoms with Crippen molar-refractivity contribution in [3.05, 3.63) is 107 Å². The summed E-state index contributed by atoms with van der Waals surface area (Å²) in [6.07, 6.45) is 0. The normalized spacial score (nSPS) is 10.8. The molecule has 144 valence electrons. The molecule has 29 heavy (non-hydrogen) atoms. The first kappa shape index (κ1) is 19.0. The number of para-hydroxylation sites is 2. The lowest BCUT2D eigenvalue weighted by atomic mass is 9.97. The van der Waals surface area contributed by atoms with E-state index in [4.69, 9.17) is 4.74 Å². The topological polar surface area (TPSA) is 9.23 Å². The van der Waals surface area contributed by atoms with Crippen molar-refractivity contribution in [2.24, 2.45) is 0 Å². The van der Waals surface area contributed by atoms with Gasteiger partial charge in [-0.05, 0) is 62.1 Å². The van der Waals surface area contributed by atoms with Crippen LogP contribution in [0.25, 0.3) is 22.3 Å². The van der Waals surface area contributed by atoms with Crippen LogP contribution in [-0.2, 0) is 0 Å². The third-order valence-corrected chi connectivity index (χ3v) is 5.36. The Labute approximate surface area is 173 Å². The molecular weight excluding hydrogens is 352 g/mol. The molecule has 0 aliphatic heterocycles. The average Bonchev–Trinajstić information content (AvgIpc) is 2.73. The van der Waals surface area contributed by atoms with Crippen LogP contribution in [-0.4, -0.2) is 0 Å². The van der Waals surface area contributed by atoms with Gasteiger partial charge in [0.15, 0.2) is 0 Å². The molecule has 0 N–H and O–H groups in total. The largest absolute Gasteiger partial charge is 0.456 e. The summed E-state index contributed by atoms with van der Waals surface area (Å²) in [7, 11) is 0. The van der Waals surface area contributed by atoms with E-state index in [0.717, 1.165) is 22.6 Å². The zero-order chi connectivity index (χ0) is 20.4. The molecule has 0 heterocycles. The second-order valence-corrected chi connectivity index (χ2v) is 7.73. The highest BCUT2D eigenvalue weighted by Crippen LogP contribution is 2.39. The molecule has 4 aromatic carbocycles. The fourth-order valence-electron chi connectivity index (χ4n) is 3.73. The third kappa shape index (κ3) is 3.95. The van der Waals surface area contributed by atoms with Crippen molar-refractivity contribution in [1.82, 2.24) is 0 Å². The third-order valence-electron chi connectivity index (χ3n) is 5.36. The van der Waals surface area contributed by atoms with Crippen molar-refractivity contribution < 1.29 is 4.74 Å². The zero-order valence-corrected chi connectivity index (χ0v) is 17.5. The van der Waals surface area contributed by atoms with Crippen LogP contribution in [0.1, 0.15) is 22.3 Å². The van der Waals surface area contributed by atoms with Gasteiger partial charge in [0.25, 0.3) is 0 Å². The molecular formula is C28H26O. The number of hydrogen-bond donors (Lipinski definition) is 0. The maximum absolute atomic E-state index is 6.54. The molecule has 0 unspecified atom stereocenters. The Balaban J connectivity index is 1.81. The second kappa shape index (κ2) is 7.97. The molecule has 0 saturated carbocycles. The molecule has 0 atom stereocenters. The minimum absolute atomic E-state index is 0.874. The summed E-state index contributed by atoms with van der Waals surface area (Å²) in [4.78, 5) is 0. The SMILES string of the molecule is Cc1ccc(C)c(-c2ccccc2Oc2ccccc2-c2cc(C)ccc2C)c1. The minimum atomic E-state index is 0.874. The Kier molecular flexibility index (Phi) is 5.22. The monoisotopic (exact) mass is 378 g/mol. The van der Waals surface area contributed by atoms with Crippen LogP contribution >= 0.6 is 0 Å². The lowest BCUT2D eigenvalue weighted by Crippen LogP contribution is -1.94. The smallest absolute Gasteiger partial charge is 0.135 e. The van der Waals surface area contributed by atoms with Crippen LogP contribution in [0.2, 0.25) is 0 Å². The van der Waals surface area contributed by atoms with Gasteiger partial charge in [0.1, 0.15) is 11.5 Å².